The van der Waals surface area contributed by atoms with Crippen LogP contribution in [0, 0.1) is 0 Å². The molecule has 10 heteroatoms. The van der Waals surface area contributed by atoms with Gasteiger partial charge in [-0.15, -0.1) is 0 Å². The largest absolute Gasteiger partial charge is 0.545 e. The highest BCUT2D eigenvalue weighted by Gasteiger charge is 2.25. The predicted octanol–water partition coefficient (Wildman–Crippen LogP) is 1.75. The number of nitrogens with one attached hydrogen (secondary N) is 1. The number of likely N-dealkylation sites (tertiary alicyclic amines) is 1. The molecule has 0 radical (unpaired) electrons. The van der Waals surface area contributed by atoms with Crippen molar-refractivity contribution in [1.29, 1.82) is 0 Å². The summed E-state index contributed by atoms with van der Waals surface area (Å²) in [7, 11) is 3.11. The third-order valence-corrected chi connectivity index (χ3v) is 7.36. The number of nitrogens with zero attached hydrogens (tertiary/aromatic N) is 2. The molecule has 2 rings (SSSR count). The molecule has 2 heterocycles. The Morgan fingerprint density at radius 3 is 2.44 bits per heavy atom. The molecule has 0 saturated carbocycles. The van der Waals surface area contributed by atoms with Crippen LogP contribution >= 0.6 is 21.6 Å². The predicted molar refractivity (Wildman–Crippen MR) is 123 cm³/mol. The Bertz CT molecular complexity index is 852. The van der Waals surface area contributed by atoms with Gasteiger partial charge in [-0.2, -0.15) is 0 Å². The van der Waals surface area contributed by atoms with Gasteiger partial charge in [0.25, 0.3) is 0 Å². The van der Waals surface area contributed by atoms with E-state index < -0.39 is 5.97 Å². The molecule has 1 saturated heterocycles. The van der Waals surface area contributed by atoms with Crippen LogP contribution < -0.4 is 10.4 Å². The number of Topliss-reactive ketones (excluding diaryl/α,β-unsaturated/α-hetero) is 1. The van der Waals surface area contributed by atoms with E-state index in [2.05, 4.69) is 10.3 Å². The number of hydrogen-bond donors (Lipinski definition) is 1. The van der Waals surface area contributed by atoms with E-state index in [0.717, 1.165) is 5.03 Å². The minimum atomic E-state index is -1.42. The van der Waals surface area contributed by atoms with Gasteiger partial charge < -0.3 is 24.9 Å². The molecule has 0 bridgehead atoms. The Kier molecular flexibility index (Phi) is 10.8. The SMILES string of the molecule is CC(=O)CC/C(C(=O)[O-])=C(\C)C(=O)N1CCC(NC(=O)CCSSc2ccccn2)CC1. The van der Waals surface area contributed by atoms with E-state index >= 15 is 0 Å². The van der Waals surface area contributed by atoms with Crippen LogP contribution in [-0.2, 0) is 19.2 Å². The molecule has 1 aliphatic rings. The molecular weight excluding hydrogens is 450 g/mol. The van der Waals surface area contributed by atoms with E-state index in [4.69, 9.17) is 0 Å². The summed E-state index contributed by atoms with van der Waals surface area (Å²) in [4.78, 5) is 53.3. The monoisotopic (exact) mass is 478 g/mol. The molecule has 32 heavy (non-hydrogen) atoms. The van der Waals surface area contributed by atoms with Crippen molar-refractivity contribution < 1.29 is 24.3 Å². The molecule has 0 aliphatic carbocycles. The number of ketones is 1. The van der Waals surface area contributed by atoms with Crippen LogP contribution in [-0.4, -0.2) is 58.3 Å². The molecule has 0 unspecified atom stereocenters. The topological polar surface area (TPSA) is 120 Å². The number of carbonyl (C=O) groups excluding carboxylic acids is 4. The second kappa shape index (κ2) is 13.3. The minimum Gasteiger partial charge on any atom is -0.545 e. The number of pyridine rings is 1. The zero-order chi connectivity index (χ0) is 23.5. The number of aliphatic carboxylic acids is 1. The molecule has 1 aliphatic heterocycles. The third kappa shape index (κ3) is 8.66. The average molecular weight is 479 g/mol. The summed E-state index contributed by atoms with van der Waals surface area (Å²) < 4.78 is 0. The number of hydrogen-bond acceptors (Lipinski definition) is 8. The number of carboxylic acid groups (broad SMARTS) is 1. The highest BCUT2D eigenvalue weighted by molar-refractivity contribution is 8.76. The van der Waals surface area contributed by atoms with E-state index in [9.17, 15) is 24.3 Å². The maximum absolute atomic E-state index is 12.7. The zero-order valence-corrected chi connectivity index (χ0v) is 19.9. The van der Waals surface area contributed by atoms with Crippen LogP contribution in [0.1, 0.15) is 46.0 Å². The van der Waals surface area contributed by atoms with Gasteiger partial charge in [0.1, 0.15) is 10.8 Å². The van der Waals surface area contributed by atoms with Crippen LogP contribution in [0.2, 0.25) is 0 Å². The van der Waals surface area contributed by atoms with Gasteiger partial charge in [0.15, 0.2) is 0 Å². The van der Waals surface area contributed by atoms with Gasteiger partial charge in [0.05, 0.1) is 5.97 Å². The van der Waals surface area contributed by atoms with Crippen LogP contribution in [0.15, 0.2) is 40.6 Å². The van der Waals surface area contributed by atoms with Gasteiger partial charge in [-0.05, 0) is 61.6 Å². The molecule has 1 fully saturated rings. The van der Waals surface area contributed by atoms with Crippen LogP contribution in [0.25, 0.3) is 0 Å². The van der Waals surface area contributed by atoms with E-state index in [1.807, 2.05) is 18.2 Å². The lowest BCUT2D eigenvalue weighted by Crippen LogP contribution is -2.47. The van der Waals surface area contributed by atoms with Crippen LogP contribution in [0.5, 0.6) is 0 Å². The molecule has 1 N–H and O–H groups in total. The molecule has 8 nitrogen and oxygen atoms in total. The molecule has 174 valence electrons. The van der Waals surface area contributed by atoms with Gasteiger partial charge >= 0.3 is 0 Å². The highest BCUT2D eigenvalue weighted by Crippen LogP contribution is 2.29. The van der Waals surface area contributed by atoms with E-state index in [1.165, 1.54) is 24.6 Å². The zero-order valence-electron chi connectivity index (χ0n) is 18.3. The van der Waals surface area contributed by atoms with Crippen molar-refractivity contribution in [2.75, 3.05) is 18.8 Å². The van der Waals surface area contributed by atoms with Crippen molar-refractivity contribution in [3.05, 3.63) is 35.5 Å². The summed E-state index contributed by atoms with van der Waals surface area (Å²) in [5.74, 6) is -1.28. The Labute approximate surface area is 196 Å². The van der Waals surface area contributed by atoms with Gasteiger partial charge in [0, 0.05) is 49.5 Å². The molecule has 2 amide bonds. The van der Waals surface area contributed by atoms with E-state index in [0.29, 0.717) is 38.1 Å². The molecule has 1 aromatic rings. The van der Waals surface area contributed by atoms with E-state index in [-0.39, 0.29) is 47.6 Å². The lowest BCUT2D eigenvalue weighted by molar-refractivity contribution is -0.299. The van der Waals surface area contributed by atoms with Crippen molar-refractivity contribution in [3.63, 3.8) is 0 Å². The van der Waals surface area contributed by atoms with Crippen molar-refractivity contribution in [3.8, 4) is 0 Å². The quantitative estimate of drug-likeness (QED) is 0.290. The Morgan fingerprint density at radius 2 is 1.84 bits per heavy atom. The first-order valence-corrected chi connectivity index (χ1v) is 12.8. The number of carbonyl (C=O) groups is 4. The molecule has 1 aromatic heterocycles. The normalized spacial score (nSPS) is 15.1. The fourth-order valence-electron chi connectivity index (χ4n) is 3.27. The van der Waals surface area contributed by atoms with Gasteiger partial charge in [-0.1, -0.05) is 16.9 Å². The van der Waals surface area contributed by atoms with Crippen molar-refractivity contribution in [2.45, 2.75) is 57.0 Å². The molecule has 0 aromatic carbocycles. The van der Waals surface area contributed by atoms with Gasteiger partial charge in [-0.3, -0.25) is 9.59 Å². The smallest absolute Gasteiger partial charge is 0.249 e. The van der Waals surface area contributed by atoms with Crippen LogP contribution in [0.3, 0.4) is 0 Å². The first-order valence-electron chi connectivity index (χ1n) is 10.5. The summed E-state index contributed by atoms with van der Waals surface area (Å²) in [5.41, 5.74) is -0.0159. The summed E-state index contributed by atoms with van der Waals surface area (Å²) in [6, 6.07) is 5.68. The summed E-state index contributed by atoms with van der Waals surface area (Å²) in [6.45, 7) is 3.69. The Hall–Kier alpha value is -2.33. The first kappa shape index (κ1) is 25.9. The second-order valence-electron chi connectivity index (χ2n) is 7.55. The molecule has 0 atom stereocenters. The maximum atomic E-state index is 12.7. The fourth-order valence-corrected chi connectivity index (χ4v) is 5.14. The number of aromatic nitrogens is 1. The first-order chi connectivity index (χ1) is 15.3. The average Bonchev–Trinajstić information content (AvgIpc) is 2.77. The van der Waals surface area contributed by atoms with Crippen molar-refractivity contribution in [2.24, 2.45) is 0 Å². The van der Waals surface area contributed by atoms with Gasteiger partial charge in [0.2, 0.25) is 11.8 Å². The Morgan fingerprint density at radius 1 is 1.12 bits per heavy atom. The standard InChI is InChI=1S/C22H29N3O5S2/c1-15(26)6-7-18(22(29)30)16(2)21(28)25-12-8-17(9-13-25)24-19(27)10-14-31-32-20-5-3-4-11-23-20/h3-5,11,17H,6-10,12-14H2,1-2H3,(H,24,27)(H,29,30)/p-1/b18-16-. The van der Waals surface area contributed by atoms with Crippen molar-refractivity contribution >= 4 is 45.2 Å². The van der Waals surface area contributed by atoms with Crippen molar-refractivity contribution in [1.82, 2.24) is 15.2 Å². The second-order valence-corrected chi connectivity index (χ2v) is 9.99. The van der Waals surface area contributed by atoms with Crippen LogP contribution in [0.4, 0.5) is 0 Å². The molecular formula is C22H28N3O5S2-. The maximum Gasteiger partial charge on any atom is 0.249 e. The number of piperidine rings is 1. The Balaban J connectivity index is 1.75. The lowest BCUT2D eigenvalue weighted by atomic mass is 10.00. The summed E-state index contributed by atoms with van der Waals surface area (Å²) in [6.07, 6.45) is 3.38. The fraction of sp³-hybridized carbons (Fsp3) is 0.500. The number of amides is 2. The minimum absolute atomic E-state index is 0.0115. The summed E-state index contributed by atoms with van der Waals surface area (Å²) >= 11 is 0. The number of carboxylic acids is 1. The highest BCUT2D eigenvalue weighted by atomic mass is 33.1. The molecule has 0 spiro atoms. The van der Waals surface area contributed by atoms with Gasteiger partial charge in [-0.25, -0.2) is 4.98 Å². The van der Waals surface area contributed by atoms with E-state index in [1.54, 1.807) is 21.9 Å². The number of rotatable bonds is 11. The lowest BCUT2D eigenvalue weighted by Gasteiger charge is -2.33. The summed E-state index contributed by atoms with van der Waals surface area (Å²) in [5, 5.41) is 15.3. The third-order valence-electron chi connectivity index (χ3n) is 5.09.